The van der Waals surface area contributed by atoms with Crippen LogP contribution in [0.1, 0.15) is 81.1 Å². The highest BCUT2D eigenvalue weighted by Gasteiger charge is 2.30. The number of rotatable bonds is 11. The standard InChI is InChI=1S/C19H21F2NO3.C17H17F2NO3/c1-5-25-19(23)18(21)17-14(11(2)3)9-13(20)10-15(17)12-6-7-22-16(8-12)24-4;1-9(2)12-7-11(18)8-13(15(12)16(19)17(21)22)10-4-5-20-14(6-10)23-3/h6-11,18H,5H2,1-4H3;4-9,16H,1-3H3,(H,21,22). The summed E-state index contributed by atoms with van der Waals surface area (Å²) in [5, 5.41) is 9.08. The van der Waals surface area contributed by atoms with Gasteiger partial charge in [-0.3, -0.25) is 0 Å². The molecule has 0 bridgehead atoms. The van der Waals surface area contributed by atoms with Crippen molar-refractivity contribution in [3.63, 3.8) is 0 Å². The summed E-state index contributed by atoms with van der Waals surface area (Å²) in [6, 6.07) is 11.0. The van der Waals surface area contributed by atoms with Crippen LogP contribution in [0.5, 0.6) is 11.8 Å². The molecule has 0 aliphatic heterocycles. The zero-order chi connectivity index (χ0) is 35.7. The van der Waals surface area contributed by atoms with Crippen LogP contribution in [-0.4, -0.2) is 47.8 Å². The van der Waals surface area contributed by atoms with Crippen molar-refractivity contribution in [1.82, 2.24) is 9.97 Å². The Balaban J connectivity index is 0.000000261. The average molecular weight is 671 g/mol. The number of halogens is 4. The predicted molar refractivity (Wildman–Crippen MR) is 173 cm³/mol. The van der Waals surface area contributed by atoms with E-state index < -0.39 is 35.9 Å². The van der Waals surface area contributed by atoms with E-state index in [1.54, 1.807) is 39.0 Å². The Morgan fingerprint density at radius 3 is 1.50 bits per heavy atom. The van der Waals surface area contributed by atoms with Gasteiger partial charge in [0.05, 0.1) is 20.8 Å². The van der Waals surface area contributed by atoms with Gasteiger partial charge in [0.1, 0.15) is 11.6 Å². The van der Waals surface area contributed by atoms with Crippen molar-refractivity contribution >= 4 is 11.9 Å². The number of nitrogens with zero attached hydrogens (tertiary/aromatic N) is 2. The third-order valence-corrected chi connectivity index (χ3v) is 7.32. The first-order valence-corrected chi connectivity index (χ1v) is 15.1. The largest absolute Gasteiger partial charge is 0.481 e. The number of pyridine rings is 2. The number of carboxylic acid groups (broad SMARTS) is 1. The molecule has 4 rings (SSSR count). The van der Waals surface area contributed by atoms with Crippen LogP contribution in [0.4, 0.5) is 17.6 Å². The molecule has 12 heteroatoms. The lowest BCUT2D eigenvalue weighted by molar-refractivity contribution is -0.149. The van der Waals surface area contributed by atoms with Gasteiger partial charge in [0.15, 0.2) is 0 Å². The van der Waals surface area contributed by atoms with Crippen molar-refractivity contribution in [1.29, 1.82) is 0 Å². The Bertz CT molecular complexity index is 1750. The summed E-state index contributed by atoms with van der Waals surface area (Å²) in [4.78, 5) is 31.1. The quantitative estimate of drug-likeness (QED) is 0.125. The van der Waals surface area contributed by atoms with E-state index in [1.807, 2.05) is 13.8 Å². The van der Waals surface area contributed by atoms with Crippen LogP contribution in [0.2, 0.25) is 0 Å². The fraction of sp³-hybridized carbons (Fsp3) is 0.333. The van der Waals surface area contributed by atoms with Crippen molar-refractivity contribution in [3.8, 4) is 34.0 Å². The van der Waals surface area contributed by atoms with Gasteiger partial charge < -0.3 is 19.3 Å². The number of aromatic nitrogens is 2. The van der Waals surface area contributed by atoms with Crippen molar-refractivity contribution in [3.05, 3.63) is 94.8 Å². The first kappa shape index (κ1) is 37.5. The lowest BCUT2D eigenvalue weighted by atomic mass is 9.87. The molecule has 0 fully saturated rings. The van der Waals surface area contributed by atoms with Gasteiger partial charge in [-0.15, -0.1) is 0 Å². The summed E-state index contributed by atoms with van der Waals surface area (Å²) in [5.74, 6) is -3.49. The van der Waals surface area contributed by atoms with Gasteiger partial charge in [-0.1, -0.05) is 27.7 Å². The Morgan fingerprint density at radius 2 is 1.15 bits per heavy atom. The van der Waals surface area contributed by atoms with E-state index in [1.165, 1.54) is 50.9 Å². The molecule has 4 aromatic rings. The van der Waals surface area contributed by atoms with E-state index in [0.717, 1.165) is 6.07 Å². The van der Waals surface area contributed by atoms with Crippen LogP contribution in [0, 0.1) is 11.6 Å². The maximum atomic E-state index is 15.0. The van der Waals surface area contributed by atoms with Crippen LogP contribution >= 0.6 is 0 Å². The molecule has 0 spiro atoms. The second-order valence-corrected chi connectivity index (χ2v) is 11.2. The molecule has 8 nitrogen and oxygen atoms in total. The summed E-state index contributed by atoms with van der Waals surface area (Å²) in [6.45, 7) is 8.80. The molecule has 2 atom stereocenters. The second kappa shape index (κ2) is 16.7. The van der Waals surface area contributed by atoms with Crippen molar-refractivity contribution in [2.24, 2.45) is 0 Å². The predicted octanol–water partition coefficient (Wildman–Crippen LogP) is 8.71. The number of methoxy groups -OCH3 is 2. The normalized spacial score (nSPS) is 12.2. The molecule has 0 aliphatic carbocycles. The molecule has 2 aromatic heterocycles. The summed E-state index contributed by atoms with van der Waals surface area (Å²) < 4.78 is 72.4. The van der Waals surface area contributed by atoms with Crippen molar-refractivity contribution < 1.29 is 46.5 Å². The van der Waals surface area contributed by atoms with Gasteiger partial charge in [-0.05, 0) is 88.5 Å². The number of aliphatic carboxylic acids is 1. The van der Waals surface area contributed by atoms with E-state index >= 15 is 0 Å². The molecule has 2 aromatic carbocycles. The van der Waals surface area contributed by atoms with Gasteiger partial charge in [0, 0.05) is 35.7 Å². The van der Waals surface area contributed by atoms with Crippen molar-refractivity contribution in [2.45, 2.75) is 58.8 Å². The highest BCUT2D eigenvalue weighted by Crippen LogP contribution is 2.39. The second-order valence-electron chi connectivity index (χ2n) is 11.2. The van der Waals surface area contributed by atoms with Gasteiger partial charge in [0.25, 0.3) is 0 Å². The first-order chi connectivity index (χ1) is 22.7. The molecule has 48 heavy (non-hydrogen) atoms. The van der Waals surface area contributed by atoms with Gasteiger partial charge >= 0.3 is 11.9 Å². The van der Waals surface area contributed by atoms with Crippen LogP contribution in [-0.2, 0) is 14.3 Å². The molecular weight excluding hydrogens is 632 g/mol. The number of ether oxygens (including phenoxy) is 3. The molecule has 0 radical (unpaired) electrons. The Labute approximate surface area is 276 Å². The van der Waals surface area contributed by atoms with Gasteiger partial charge in [0.2, 0.25) is 24.1 Å². The molecule has 2 heterocycles. The third-order valence-electron chi connectivity index (χ3n) is 7.32. The SMILES string of the molecule is CCOC(=O)C(F)c1c(-c2ccnc(OC)c2)cc(F)cc1C(C)C.COc1cc(-c2cc(F)cc(C(C)C)c2C(F)C(=O)O)ccn1. The van der Waals surface area contributed by atoms with Crippen LogP contribution in [0.3, 0.4) is 0 Å². The minimum Gasteiger partial charge on any atom is -0.481 e. The van der Waals surface area contributed by atoms with Crippen LogP contribution < -0.4 is 9.47 Å². The number of carbonyl (C=O) groups is 2. The number of benzene rings is 2. The molecule has 2 unspecified atom stereocenters. The lowest BCUT2D eigenvalue weighted by Gasteiger charge is -2.20. The molecule has 0 saturated heterocycles. The maximum Gasteiger partial charge on any atom is 0.345 e. The molecule has 0 saturated carbocycles. The maximum absolute atomic E-state index is 15.0. The number of esters is 1. The zero-order valence-corrected chi connectivity index (χ0v) is 27.7. The fourth-order valence-corrected chi connectivity index (χ4v) is 5.11. The van der Waals surface area contributed by atoms with E-state index in [9.17, 15) is 27.2 Å². The Kier molecular flexibility index (Phi) is 13.0. The van der Waals surface area contributed by atoms with E-state index in [0.29, 0.717) is 28.1 Å². The first-order valence-electron chi connectivity index (χ1n) is 15.1. The molecule has 0 aliphatic rings. The van der Waals surface area contributed by atoms with E-state index in [-0.39, 0.29) is 46.6 Å². The molecular formula is C36H38F4N2O6. The summed E-state index contributed by atoms with van der Waals surface area (Å²) in [6.07, 6.45) is -1.34. The monoisotopic (exact) mass is 670 g/mol. The average Bonchev–Trinajstić information content (AvgIpc) is 3.07. The summed E-state index contributed by atoms with van der Waals surface area (Å²) in [7, 11) is 2.88. The summed E-state index contributed by atoms with van der Waals surface area (Å²) in [5.41, 5.74) is 2.24. The topological polar surface area (TPSA) is 108 Å². The zero-order valence-electron chi connectivity index (χ0n) is 27.7. The lowest BCUT2D eigenvalue weighted by Crippen LogP contribution is -2.15. The van der Waals surface area contributed by atoms with Crippen molar-refractivity contribution in [2.75, 3.05) is 20.8 Å². The Hall–Kier alpha value is -5.00. The van der Waals surface area contributed by atoms with E-state index in [2.05, 4.69) is 9.97 Å². The fourth-order valence-electron chi connectivity index (χ4n) is 5.11. The highest BCUT2D eigenvalue weighted by molar-refractivity contribution is 5.83. The number of carbonyl (C=O) groups excluding carboxylic acids is 1. The van der Waals surface area contributed by atoms with Gasteiger partial charge in [-0.25, -0.2) is 37.1 Å². The summed E-state index contributed by atoms with van der Waals surface area (Å²) >= 11 is 0. The molecule has 0 amide bonds. The van der Waals surface area contributed by atoms with Crippen LogP contribution in [0.25, 0.3) is 22.3 Å². The number of hydrogen-bond acceptors (Lipinski definition) is 7. The minimum atomic E-state index is -2.25. The number of alkyl halides is 2. The number of hydrogen-bond donors (Lipinski definition) is 1. The van der Waals surface area contributed by atoms with Crippen LogP contribution in [0.15, 0.2) is 60.9 Å². The molecule has 1 N–H and O–H groups in total. The molecule has 256 valence electrons. The minimum absolute atomic E-state index is 0.0397. The van der Waals surface area contributed by atoms with Gasteiger partial charge in [-0.2, -0.15) is 0 Å². The smallest absolute Gasteiger partial charge is 0.345 e. The highest BCUT2D eigenvalue weighted by atomic mass is 19.1. The number of carboxylic acids is 1. The Morgan fingerprint density at radius 1 is 0.729 bits per heavy atom. The van der Waals surface area contributed by atoms with E-state index in [4.69, 9.17) is 19.3 Å². The third kappa shape index (κ3) is 8.87.